The van der Waals surface area contributed by atoms with Gasteiger partial charge in [0.25, 0.3) is 0 Å². The zero-order chi connectivity index (χ0) is 99.7. The van der Waals surface area contributed by atoms with Gasteiger partial charge in [-0.15, -0.1) is 0 Å². The number of aromatic nitrogens is 12. The van der Waals surface area contributed by atoms with E-state index in [4.69, 9.17) is 29.9 Å². The van der Waals surface area contributed by atoms with Crippen LogP contribution in [0.25, 0.3) is 33.9 Å². The van der Waals surface area contributed by atoms with Crippen molar-refractivity contribution < 1.29 is 0 Å². The second kappa shape index (κ2) is 47.4. The Hall–Kier alpha value is -13.7. The molecule has 18 aromatic rings. The van der Waals surface area contributed by atoms with Gasteiger partial charge < -0.3 is 31.9 Å². The summed E-state index contributed by atoms with van der Waals surface area (Å²) in [6.45, 7) is 24.2. The zero-order valence-corrected chi connectivity index (χ0v) is 87.5. The smallest absolute Gasteiger partial charge is 0.141 e. The monoisotopic (exact) mass is 1930 g/mol. The van der Waals surface area contributed by atoms with E-state index in [0.29, 0.717) is 36.3 Å². The van der Waals surface area contributed by atoms with Gasteiger partial charge in [-0.2, -0.15) is 0 Å². The van der Waals surface area contributed by atoms with Crippen molar-refractivity contribution in [1.82, 2.24) is 56.3 Å². The summed E-state index contributed by atoms with van der Waals surface area (Å²) >= 11 is 0. The van der Waals surface area contributed by atoms with Crippen LogP contribution < -0.4 is 31.9 Å². The van der Waals surface area contributed by atoms with Crippen LogP contribution in [0.2, 0.25) is 0 Å². The van der Waals surface area contributed by atoms with Crippen molar-refractivity contribution >= 4 is 68.8 Å². The number of hydrogen-bond donors (Lipinski definition) is 6. The number of benzene rings is 6. The van der Waals surface area contributed by atoms with Gasteiger partial charge in [0.1, 0.15) is 68.8 Å². The average molecular weight is 1930 g/mol. The average Bonchev–Trinajstić information content (AvgIpc) is 1.30. The van der Waals surface area contributed by atoms with E-state index in [1.54, 1.807) is 0 Å². The summed E-state index contributed by atoms with van der Waals surface area (Å²) in [6.07, 6.45) is 44.7. The van der Waals surface area contributed by atoms with E-state index in [0.717, 1.165) is 68.0 Å². The van der Waals surface area contributed by atoms with Crippen LogP contribution in [0.4, 0.5) is 34.9 Å². The van der Waals surface area contributed by atoms with E-state index in [1.807, 2.05) is 0 Å². The lowest BCUT2D eigenvalue weighted by Crippen LogP contribution is -2.24. The Labute approximate surface area is 859 Å². The maximum atomic E-state index is 5.03. The third kappa shape index (κ3) is 23.8. The molecule has 0 amide bonds. The number of hydrogen-bond acceptors (Lipinski definition) is 12. The molecule has 6 saturated carbocycles. The van der Waals surface area contributed by atoms with Gasteiger partial charge in [0, 0.05) is 108 Å². The van der Waals surface area contributed by atoms with Crippen LogP contribution in [-0.4, -0.2) is 92.6 Å². The van der Waals surface area contributed by atoms with Gasteiger partial charge >= 0.3 is 0 Å². The molecule has 6 unspecified atom stereocenters. The molecule has 6 aromatic carbocycles. The predicted octanol–water partition coefficient (Wildman–Crippen LogP) is 31.4. The molecule has 0 radical (unpaired) electrons. The lowest BCUT2D eigenvalue weighted by atomic mass is 9.94. The molecule has 6 aliphatic carbocycles. The van der Waals surface area contributed by atoms with Gasteiger partial charge in [-0.3, -0.25) is 26.4 Å². The van der Waals surface area contributed by atoms with Crippen molar-refractivity contribution in [2.45, 2.75) is 315 Å². The maximum Gasteiger partial charge on any atom is 0.141 e. The molecule has 6 aliphatic rings. The van der Waals surface area contributed by atoms with Crippen LogP contribution in [0, 0.1) is 34.6 Å². The summed E-state index contributed by atoms with van der Waals surface area (Å²) in [5.74, 6) is 8.71. The molecule has 18 nitrogen and oxygen atoms in total. The van der Waals surface area contributed by atoms with Crippen molar-refractivity contribution in [3.63, 3.8) is 0 Å². The van der Waals surface area contributed by atoms with Crippen molar-refractivity contribution in [3.8, 4) is 0 Å². The second-order valence-corrected chi connectivity index (χ2v) is 42.3. The van der Waals surface area contributed by atoms with Crippen molar-refractivity contribution in [2.75, 3.05) is 31.9 Å². The fourth-order valence-corrected chi connectivity index (χ4v) is 23.0. The fraction of sp³-hybridized carbons (Fsp3) is 0.386. The van der Waals surface area contributed by atoms with Crippen LogP contribution in [0.3, 0.4) is 0 Å². The van der Waals surface area contributed by atoms with Crippen molar-refractivity contribution in [3.05, 3.63) is 393 Å². The lowest BCUT2D eigenvalue weighted by molar-refractivity contribution is 0.461. The van der Waals surface area contributed by atoms with Crippen molar-refractivity contribution in [2.24, 2.45) is 0 Å². The van der Waals surface area contributed by atoms with E-state index < -0.39 is 0 Å². The Kier molecular flexibility index (Phi) is 32.7. The molecular weight excluding hydrogens is 1780 g/mol. The minimum atomic E-state index is 0.270. The normalized spacial score (nSPS) is 16.7. The molecule has 0 saturated heterocycles. The Balaban J connectivity index is 0.000000110. The van der Waals surface area contributed by atoms with Gasteiger partial charge in [0.15, 0.2) is 0 Å². The first-order valence-corrected chi connectivity index (χ1v) is 54.7. The molecular formula is C127H152N18. The first-order chi connectivity index (χ1) is 71.0. The predicted molar refractivity (Wildman–Crippen MR) is 603 cm³/mol. The van der Waals surface area contributed by atoms with E-state index in [9.17, 15) is 0 Å². The number of fused-ring (bicyclic) bond motifs is 6. The largest absolute Gasteiger partial charge is 0.367 e. The standard InChI is InChI=1S/2C22H27N3.3C21H25N3.C20H23N3/c1-16-10-9-15-20-24-21(17(2)18-11-5-3-6-12-18)22(25(16)20)23-19-13-7-4-8-14-19;1-16-13-14-20-24-21(17(2)18-9-5-3-6-10-18)22(25(20)15-16)23-19-11-7-4-8-12-19;1-15-9-8-14-24-20(15)23-19(16(2)17-10-4-3-5-11-17)21(24)22-18-12-6-7-13-18;1-15-12-13-24-19(14-15)23-20(16(2)17-8-4-3-5-9-17)21(24)22-18-10-6-7-11-18;1-15-12-13-19-23-20(16(2)17-8-4-3-5-9-17)21(24(19)14-15)22-18-10-6-7-11-18;1-15(16-9-3-2-4-10-16)19-20(21-17-11-5-6-12-17)23-14-8-7-13-18(23)22-19/h3,5-6,9-12,15,17,19,23H,4,7-8,13-14H2,1-2H3;3,5-6,9-10,13-15,17,19,23H,4,7-8,11-12H2,1-2H3;3-5,8-11,14,16,18,22H,6-7,12-13H2,1-2H3;2*3-5,8-9,12-14,16,18,22H,6-7,10-11H2,1-2H3;2-4,7-10,13-15,17,21H,5-6,11-12H2,1H3. The third-order valence-electron chi connectivity index (χ3n) is 31.6. The van der Waals surface area contributed by atoms with Gasteiger partial charge in [-0.25, -0.2) is 29.9 Å². The maximum absolute atomic E-state index is 5.03. The topological polar surface area (TPSA) is 176 Å². The summed E-state index contributed by atoms with van der Waals surface area (Å²) in [4.78, 5) is 29.9. The lowest BCUT2D eigenvalue weighted by Gasteiger charge is -2.25. The van der Waals surface area contributed by atoms with Crippen molar-refractivity contribution in [1.29, 1.82) is 0 Å². The highest BCUT2D eigenvalue weighted by molar-refractivity contribution is 5.66. The Morgan fingerprint density at radius 1 is 0.221 bits per heavy atom. The first kappa shape index (κ1) is 100.0. The minimum absolute atomic E-state index is 0.270. The number of pyridine rings is 6. The van der Waals surface area contributed by atoms with Gasteiger partial charge in [-0.05, 0) is 222 Å². The summed E-state index contributed by atoms with van der Waals surface area (Å²) < 4.78 is 13.4. The molecule has 12 aromatic heterocycles. The Morgan fingerprint density at radius 3 is 0.862 bits per heavy atom. The Bertz CT molecular complexity index is 7120. The van der Waals surface area contributed by atoms with Crippen LogP contribution >= 0.6 is 0 Å². The van der Waals surface area contributed by atoms with E-state index in [2.05, 4.69) is 432 Å². The number of nitrogens with zero attached hydrogens (tertiary/aromatic N) is 12. The molecule has 0 bridgehead atoms. The number of aryl methyl sites for hydroxylation is 5. The SMILES string of the molecule is CC(c1ccccc1)c1nc2ccccn2c1NC1CCCC1.Cc1ccc2nc(C(C)c3ccccc3)c(NC3CCCC3)n2c1.Cc1ccc2nc(C(C)c3ccccc3)c(NC3CCCCC3)n2c1.Cc1cccc2nc(C(C)c3ccccc3)c(NC3CCCCC3)n12.Cc1cccn2c(NC3CCCC3)c(C(C)c3ccccc3)nc12.Cc1ccn2c(NC3CCCC3)c(C(C)c3ccccc3)nc2c1. The van der Waals surface area contributed by atoms with Gasteiger partial charge in [0.2, 0.25) is 0 Å². The highest BCUT2D eigenvalue weighted by Gasteiger charge is 2.32. The second-order valence-electron chi connectivity index (χ2n) is 42.3. The third-order valence-corrected chi connectivity index (χ3v) is 31.6. The van der Waals surface area contributed by atoms with Crippen LogP contribution in [0.15, 0.2) is 298 Å². The summed E-state index contributed by atoms with van der Waals surface area (Å²) in [6, 6.07) is 97.2. The molecule has 6 fully saturated rings. The van der Waals surface area contributed by atoms with Crippen LogP contribution in [0.1, 0.15) is 339 Å². The molecule has 24 rings (SSSR count). The minimum Gasteiger partial charge on any atom is -0.367 e. The van der Waals surface area contributed by atoms with Gasteiger partial charge in [-0.1, -0.05) is 344 Å². The highest BCUT2D eigenvalue weighted by Crippen LogP contribution is 2.42. The molecule has 0 aliphatic heterocycles. The molecule has 0 spiro atoms. The van der Waals surface area contributed by atoms with E-state index >= 15 is 0 Å². The molecule has 145 heavy (non-hydrogen) atoms. The summed E-state index contributed by atoms with van der Waals surface area (Å²) in [5, 5.41) is 22.9. The zero-order valence-electron chi connectivity index (χ0n) is 87.5. The number of nitrogens with one attached hydrogen (secondary N) is 6. The number of anilines is 6. The number of rotatable bonds is 24. The quantitative estimate of drug-likeness (QED) is 0.0338. The number of imidazole rings is 6. The fourth-order valence-electron chi connectivity index (χ4n) is 23.0. The molecule has 18 heteroatoms. The molecule has 6 N–H and O–H groups in total. The molecule has 12 heterocycles. The van der Waals surface area contributed by atoms with Crippen LogP contribution in [-0.2, 0) is 0 Å². The molecule has 750 valence electrons. The molecule has 6 atom stereocenters. The van der Waals surface area contributed by atoms with Gasteiger partial charge in [0.05, 0.1) is 34.2 Å². The first-order valence-electron chi connectivity index (χ1n) is 54.7. The Morgan fingerprint density at radius 2 is 0.497 bits per heavy atom. The van der Waals surface area contributed by atoms with E-state index in [1.165, 1.54) is 263 Å². The van der Waals surface area contributed by atoms with Crippen LogP contribution in [0.5, 0.6) is 0 Å². The van der Waals surface area contributed by atoms with E-state index in [-0.39, 0.29) is 35.5 Å². The summed E-state index contributed by atoms with van der Waals surface area (Å²) in [5.41, 5.74) is 27.2. The summed E-state index contributed by atoms with van der Waals surface area (Å²) in [7, 11) is 0. The highest BCUT2D eigenvalue weighted by atomic mass is 15.2.